The summed E-state index contributed by atoms with van der Waals surface area (Å²) in [5, 5.41) is 11.3. The number of rotatable bonds is 7. The fourth-order valence-electron chi connectivity index (χ4n) is 1.15. The minimum Gasteiger partial charge on any atom is -0.480 e. The molecule has 2 N–H and O–H groups in total. The number of hydrogen-bond acceptors (Lipinski definition) is 2. The first-order valence-electron chi connectivity index (χ1n) is 5.00. The Labute approximate surface area is 95.4 Å². The molecule has 0 aliphatic heterocycles. The van der Waals surface area contributed by atoms with E-state index in [-0.39, 0.29) is 19.1 Å². The molecule has 0 saturated heterocycles. The zero-order chi connectivity index (χ0) is 12.6. The predicted molar refractivity (Wildman–Crippen MR) is 62.2 cm³/mol. The lowest BCUT2D eigenvalue weighted by molar-refractivity contribution is -0.137. The van der Waals surface area contributed by atoms with Crippen molar-refractivity contribution in [3.05, 3.63) is 25.3 Å². The molecule has 5 nitrogen and oxygen atoms in total. The Kier molecular flexibility index (Phi) is 6.67. The lowest BCUT2D eigenvalue weighted by Gasteiger charge is -2.22. The van der Waals surface area contributed by atoms with Crippen LogP contribution in [0.25, 0.3) is 0 Å². The van der Waals surface area contributed by atoms with E-state index in [0.29, 0.717) is 6.42 Å². The standard InChI is InChI=1S/C11H18N2O3/c1-4-6-9(3)12-11(16)13(7-5-2)8-10(14)15/h4-5,9H,1-2,6-8H2,3H3,(H,12,16)(H,14,15). The zero-order valence-corrected chi connectivity index (χ0v) is 9.48. The molecule has 0 aromatic rings. The highest BCUT2D eigenvalue weighted by atomic mass is 16.4. The van der Waals surface area contributed by atoms with Crippen LogP contribution in [-0.2, 0) is 4.79 Å². The van der Waals surface area contributed by atoms with Gasteiger partial charge in [0, 0.05) is 12.6 Å². The SMILES string of the molecule is C=CCC(C)NC(=O)N(CC=C)CC(=O)O. The van der Waals surface area contributed by atoms with E-state index < -0.39 is 12.0 Å². The van der Waals surface area contributed by atoms with Gasteiger partial charge in [-0.05, 0) is 13.3 Å². The van der Waals surface area contributed by atoms with Crippen molar-refractivity contribution in [1.29, 1.82) is 0 Å². The van der Waals surface area contributed by atoms with Crippen molar-refractivity contribution in [3.63, 3.8) is 0 Å². The van der Waals surface area contributed by atoms with Crippen LogP contribution in [0.5, 0.6) is 0 Å². The van der Waals surface area contributed by atoms with Crippen molar-refractivity contribution in [3.8, 4) is 0 Å². The normalized spacial score (nSPS) is 11.3. The summed E-state index contributed by atoms with van der Waals surface area (Å²) >= 11 is 0. The molecule has 0 heterocycles. The van der Waals surface area contributed by atoms with E-state index in [0.717, 1.165) is 0 Å². The molecule has 16 heavy (non-hydrogen) atoms. The lowest BCUT2D eigenvalue weighted by atomic mass is 10.2. The molecule has 1 unspecified atom stereocenters. The largest absolute Gasteiger partial charge is 0.480 e. The fraction of sp³-hybridized carbons (Fsp3) is 0.455. The molecule has 0 saturated carbocycles. The van der Waals surface area contributed by atoms with E-state index in [1.165, 1.54) is 11.0 Å². The second-order valence-corrected chi connectivity index (χ2v) is 3.44. The molecular formula is C11H18N2O3. The van der Waals surface area contributed by atoms with Gasteiger partial charge in [-0.3, -0.25) is 4.79 Å². The van der Waals surface area contributed by atoms with Crippen molar-refractivity contribution < 1.29 is 14.7 Å². The number of nitrogens with zero attached hydrogens (tertiary/aromatic N) is 1. The second-order valence-electron chi connectivity index (χ2n) is 3.44. The molecule has 5 heteroatoms. The van der Waals surface area contributed by atoms with Crippen LogP contribution in [0.3, 0.4) is 0 Å². The number of aliphatic carboxylic acids is 1. The van der Waals surface area contributed by atoms with Crippen LogP contribution < -0.4 is 5.32 Å². The number of carbonyl (C=O) groups excluding carboxylic acids is 1. The first-order chi connectivity index (χ1) is 7.51. The molecule has 0 bridgehead atoms. The van der Waals surface area contributed by atoms with E-state index in [1.807, 2.05) is 6.92 Å². The Morgan fingerprint density at radius 2 is 2.06 bits per heavy atom. The van der Waals surface area contributed by atoms with Crippen LogP contribution in [0.2, 0.25) is 0 Å². The van der Waals surface area contributed by atoms with E-state index in [9.17, 15) is 9.59 Å². The number of nitrogens with one attached hydrogen (secondary N) is 1. The summed E-state index contributed by atoms with van der Waals surface area (Å²) in [5.41, 5.74) is 0. The van der Waals surface area contributed by atoms with Crippen molar-refractivity contribution in [2.24, 2.45) is 0 Å². The van der Waals surface area contributed by atoms with Crippen LogP contribution in [0.1, 0.15) is 13.3 Å². The molecule has 90 valence electrons. The van der Waals surface area contributed by atoms with E-state index in [1.54, 1.807) is 6.08 Å². The van der Waals surface area contributed by atoms with Gasteiger partial charge in [0.15, 0.2) is 0 Å². The van der Waals surface area contributed by atoms with Crippen LogP contribution in [0, 0.1) is 0 Å². The Bertz CT molecular complexity index is 276. The van der Waals surface area contributed by atoms with Gasteiger partial charge in [-0.15, -0.1) is 13.2 Å². The quantitative estimate of drug-likeness (QED) is 0.641. The Morgan fingerprint density at radius 1 is 1.44 bits per heavy atom. The second kappa shape index (κ2) is 7.50. The fourth-order valence-corrected chi connectivity index (χ4v) is 1.15. The van der Waals surface area contributed by atoms with Crippen LogP contribution in [0.4, 0.5) is 4.79 Å². The first-order valence-corrected chi connectivity index (χ1v) is 5.00. The van der Waals surface area contributed by atoms with Gasteiger partial charge in [-0.2, -0.15) is 0 Å². The van der Waals surface area contributed by atoms with Gasteiger partial charge < -0.3 is 15.3 Å². The highest BCUT2D eigenvalue weighted by Gasteiger charge is 2.16. The topological polar surface area (TPSA) is 69.6 Å². The average molecular weight is 226 g/mol. The number of amides is 2. The predicted octanol–water partition coefficient (Wildman–Crippen LogP) is 1.23. The van der Waals surface area contributed by atoms with Gasteiger partial charge >= 0.3 is 12.0 Å². The number of carbonyl (C=O) groups is 2. The highest BCUT2D eigenvalue weighted by Crippen LogP contribution is 1.95. The van der Waals surface area contributed by atoms with E-state index in [2.05, 4.69) is 18.5 Å². The maximum absolute atomic E-state index is 11.6. The van der Waals surface area contributed by atoms with Gasteiger partial charge in [0.1, 0.15) is 6.54 Å². The average Bonchev–Trinajstić information content (AvgIpc) is 2.16. The highest BCUT2D eigenvalue weighted by molar-refractivity contribution is 5.80. The Morgan fingerprint density at radius 3 is 2.50 bits per heavy atom. The molecule has 0 rings (SSSR count). The van der Waals surface area contributed by atoms with E-state index >= 15 is 0 Å². The number of carboxylic acids is 1. The summed E-state index contributed by atoms with van der Waals surface area (Å²) < 4.78 is 0. The summed E-state index contributed by atoms with van der Waals surface area (Å²) in [6.45, 7) is 8.74. The monoisotopic (exact) mass is 226 g/mol. The minimum absolute atomic E-state index is 0.0638. The molecule has 0 aliphatic carbocycles. The summed E-state index contributed by atoms with van der Waals surface area (Å²) in [6, 6.07) is -0.470. The molecule has 0 aliphatic rings. The third kappa shape index (κ3) is 5.85. The lowest BCUT2D eigenvalue weighted by Crippen LogP contribution is -2.45. The van der Waals surface area contributed by atoms with Crippen molar-refractivity contribution in [2.45, 2.75) is 19.4 Å². The Hall–Kier alpha value is -1.78. The maximum Gasteiger partial charge on any atom is 0.323 e. The summed E-state index contributed by atoms with van der Waals surface area (Å²) in [6.07, 6.45) is 3.82. The Balaban J connectivity index is 4.30. The zero-order valence-electron chi connectivity index (χ0n) is 9.48. The van der Waals surface area contributed by atoms with Gasteiger partial charge in [-0.25, -0.2) is 4.79 Å². The smallest absolute Gasteiger partial charge is 0.323 e. The molecule has 1 atom stereocenters. The molecule has 0 fully saturated rings. The minimum atomic E-state index is -1.05. The summed E-state index contributed by atoms with van der Waals surface area (Å²) in [5.74, 6) is -1.05. The maximum atomic E-state index is 11.6. The van der Waals surface area contributed by atoms with Gasteiger partial charge in [0.25, 0.3) is 0 Å². The van der Waals surface area contributed by atoms with Crippen LogP contribution in [-0.4, -0.2) is 41.1 Å². The van der Waals surface area contributed by atoms with Crippen molar-refractivity contribution >= 4 is 12.0 Å². The molecule has 2 amide bonds. The molecule has 0 aromatic heterocycles. The van der Waals surface area contributed by atoms with E-state index in [4.69, 9.17) is 5.11 Å². The first kappa shape index (κ1) is 14.2. The molecule has 0 radical (unpaired) electrons. The molecule has 0 spiro atoms. The third-order valence-corrected chi connectivity index (χ3v) is 1.85. The van der Waals surface area contributed by atoms with Crippen molar-refractivity contribution in [2.75, 3.05) is 13.1 Å². The molecule has 0 aromatic carbocycles. The van der Waals surface area contributed by atoms with Crippen LogP contribution in [0.15, 0.2) is 25.3 Å². The van der Waals surface area contributed by atoms with Gasteiger partial charge in [-0.1, -0.05) is 12.2 Å². The van der Waals surface area contributed by atoms with Gasteiger partial charge in [0.05, 0.1) is 0 Å². The summed E-state index contributed by atoms with van der Waals surface area (Å²) in [7, 11) is 0. The van der Waals surface area contributed by atoms with Gasteiger partial charge in [0.2, 0.25) is 0 Å². The van der Waals surface area contributed by atoms with Crippen LogP contribution >= 0.6 is 0 Å². The third-order valence-electron chi connectivity index (χ3n) is 1.85. The number of urea groups is 1. The number of hydrogen-bond donors (Lipinski definition) is 2. The number of carboxylic acid groups (broad SMARTS) is 1. The van der Waals surface area contributed by atoms with Crippen molar-refractivity contribution in [1.82, 2.24) is 10.2 Å². The molecular weight excluding hydrogens is 208 g/mol. The summed E-state index contributed by atoms with van der Waals surface area (Å²) in [4.78, 5) is 23.3.